The van der Waals surface area contributed by atoms with Gasteiger partial charge >= 0.3 is 5.97 Å². The van der Waals surface area contributed by atoms with Crippen LogP contribution in [0.15, 0.2) is 12.1 Å². The van der Waals surface area contributed by atoms with Gasteiger partial charge < -0.3 is 15.3 Å². The molecule has 3 N–H and O–H groups in total. The van der Waals surface area contributed by atoms with Crippen molar-refractivity contribution >= 4 is 5.97 Å². The zero-order chi connectivity index (χ0) is 10.0. The van der Waals surface area contributed by atoms with Gasteiger partial charge in [-0.3, -0.25) is 0 Å². The van der Waals surface area contributed by atoms with Crippen molar-refractivity contribution in [3.8, 4) is 5.75 Å². The molecule has 0 saturated carbocycles. The lowest BCUT2D eigenvalue weighted by Gasteiger charge is -2.05. The normalized spacial score (nSPS) is 10.0. The minimum atomic E-state index is -1.20. The van der Waals surface area contributed by atoms with E-state index in [-0.39, 0.29) is 17.9 Å². The molecule has 0 atom stereocenters. The Labute approximate surface area is 75.1 Å². The number of hydrogen-bond acceptors (Lipinski definition) is 3. The Morgan fingerprint density at radius 1 is 1.46 bits per heavy atom. The number of aliphatic hydroxyl groups is 1. The van der Waals surface area contributed by atoms with E-state index in [1.54, 1.807) is 13.0 Å². The standard InChI is InChI=1S/C9H10O4/c1-5-2-6(4-10)3-7(8(5)11)9(12)13/h2-3,10-11H,4H2,1H3,(H,12,13). The fourth-order valence-electron chi connectivity index (χ4n) is 1.11. The van der Waals surface area contributed by atoms with E-state index in [0.29, 0.717) is 11.1 Å². The van der Waals surface area contributed by atoms with Crippen molar-refractivity contribution in [3.63, 3.8) is 0 Å². The molecule has 0 radical (unpaired) electrons. The highest BCUT2D eigenvalue weighted by atomic mass is 16.4. The number of hydrogen-bond donors (Lipinski definition) is 3. The van der Waals surface area contributed by atoms with Gasteiger partial charge in [0.25, 0.3) is 0 Å². The Bertz CT molecular complexity index is 344. The molecule has 0 aliphatic carbocycles. The summed E-state index contributed by atoms with van der Waals surface area (Å²) in [4.78, 5) is 10.6. The molecule has 0 fully saturated rings. The lowest BCUT2D eigenvalue weighted by atomic mass is 10.1. The van der Waals surface area contributed by atoms with E-state index in [1.807, 2.05) is 0 Å². The molecule has 0 bridgehead atoms. The second kappa shape index (κ2) is 3.45. The van der Waals surface area contributed by atoms with Crippen molar-refractivity contribution in [1.29, 1.82) is 0 Å². The van der Waals surface area contributed by atoms with Crippen LogP contribution < -0.4 is 0 Å². The van der Waals surface area contributed by atoms with Crippen LogP contribution in [-0.2, 0) is 6.61 Å². The van der Waals surface area contributed by atoms with Gasteiger partial charge in [-0.25, -0.2) is 4.79 Å². The minimum absolute atomic E-state index is 0.177. The third-order valence-electron chi connectivity index (χ3n) is 1.77. The lowest BCUT2D eigenvalue weighted by Crippen LogP contribution is -2.00. The van der Waals surface area contributed by atoms with Crippen molar-refractivity contribution in [3.05, 3.63) is 28.8 Å². The summed E-state index contributed by atoms with van der Waals surface area (Å²) in [5.74, 6) is -1.44. The largest absolute Gasteiger partial charge is 0.507 e. The molecular formula is C9H10O4. The summed E-state index contributed by atoms with van der Waals surface area (Å²) in [5.41, 5.74) is 0.751. The van der Waals surface area contributed by atoms with Crippen LogP contribution in [0, 0.1) is 6.92 Å². The molecular weight excluding hydrogens is 172 g/mol. The number of phenols is 1. The van der Waals surface area contributed by atoms with Gasteiger partial charge in [0.1, 0.15) is 11.3 Å². The van der Waals surface area contributed by atoms with Gasteiger partial charge in [0, 0.05) is 0 Å². The number of carboxylic acid groups (broad SMARTS) is 1. The highest BCUT2D eigenvalue weighted by Gasteiger charge is 2.12. The van der Waals surface area contributed by atoms with Crippen LogP contribution in [0.25, 0.3) is 0 Å². The van der Waals surface area contributed by atoms with Crippen molar-refractivity contribution in [2.75, 3.05) is 0 Å². The molecule has 0 aromatic heterocycles. The molecule has 70 valence electrons. The van der Waals surface area contributed by atoms with E-state index < -0.39 is 5.97 Å². The molecule has 0 aliphatic heterocycles. The minimum Gasteiger partial charge on any atom is -0.507 e. The molecule has 1 rings (SSSR count). The van der Waals surface area contributed by atoms with Gasteiger partial charge in [0.15, 0.2) is 0 Å². The maximum Gasteiger partial charge on any atom is 0.339 e. The first-order chi connectivity index (χ1) is 6.06. The maximum absolute atomic E-state index is 10.6. The van der Waals surface area contributed by atoms with Crippen molar-refractivity contribution in [2.45, 2.75) is 13.5 Å². The molecule has 0 heterocycles. The molecule has 1 aromatic rings. The summed E-state index contributed by atoms with van der Waals surface area (Å²) in [5, 5.41) is 26.8. The molecule has 0 unspecified atom stereocenters. The average molecular weight is 182 g/mol. The molecule has 0 aliphatic rings. The van der Waals surface area contributed by atoms with Crippen LogP contribution in [-0.4, -0.2) is 21.3 Å². The van der Waals surface area contributed by atoms with Crippen LogP contribution >= 0.6 is 0 Å². The van der Waals surface area contributed by atoms with Crippen LogP contribution in [0.4, 0.5) is 0 Å². The van der Waals surface area contributed by atoms with Gasteiger partial charge in [0.05, 0.1) is 6.61 Å². The summed E-state index contributed by atoms with van der Waals surface area (Å²) >= 11 is 0. The zero-order valence-corrected chi connectivity index (χ0v) is 7.11. The second-order valence-electron chi connectivity index (χ2n) is 2.77. The van der Waals surface area contributed by atoms with Crippen molar-refractivity contribution in [2.24, 2.45) is 0 Å². The Kier molecular flexibility index (Phi) is 2.53. The number of benzene rings is 1. The first-order valence-electron chi connectivity index (χ1n) is 3.73. The number of carboxylic acids is 1. The Balaban J connectivity index is 3.33. The Morgan fingerprint density at radius 2 is 2.08 bits per heavy atom. The van der Waals surface area contributed by atoms with Gasteiger partial charge in [-0.2, -0.15) is 0 Å². The molecule has 0 saturated heterocycles. The summed E-state index contributed by atoms with van der Waals surface area (Å²) in [6, 6.07) is 2.80. The van der Waals surface area contributed by atoms with Crippen molar-refractivity contribution < 1.29 is 20.1 Å². The first kappa shape index (κ1) is 9.54. The predicted octanol–water partition coefficient (Wildman–Crippen LogP) is 0.891. The molecule has 13 heavy (non-hydrogen) atoms. The SMILES string of the molecule is Cc1cc(CO)cc(C(=O)O)c1O. The van der Waals surface area contributed by atoms with Crippen molar-refractivity contribution in [1.82, 2.24) is 0 Å². The predicted molar refractivity (Wildman–Crippen MR) is 45.7 cm³/mol. The van der Waals surface area contributed by atoms with Crippen LogP contribution in [0.2, 0.25) is 0 Å². The van der Waals surface area contributed by atoms with Crippen LogP contribution in [0.5, 0.6) is 5.75 Å². The summed E-state index contributed by atoms with van der Waals surface area (Å²) in [6.45, 7) is 1.35. The fourth-order valence-corrected chi connectivity index (χ4v) is 1.11. The van der Waals surface area contributed by atoms with E-state index in [9.17, 15) is 9.90 Å². The number of aromatic hydroxyl groups is 1. The summed E-state index contributed by atoms with van der Waals surface area (Å²) < 4.78 is 0. The zero-order valence-electron chi connectivity index (χ0n) is 7.11. The molecule has 4 heteroatoms. The van der Waals surface area contributed by atoms with E-state index in [0.717, 1.165) is 0 Å². The summed E-state index contributed by atoms with van der Waals surface area (Å²) in [7, 11) is 0. The second-order valence-corrected chi connectivity index (χ2v) is 2.77. The Hall–Kier alpha value is -1.55. The monoisotopic (exact) mass is 182 g/mol. The number of aryl methyl sites for hydroxylation is 1. The molecule has 0 amide bonds. The third-order valence-corrected chi connectivity index (χ3v) is 1.77. The van der Waals surface area contributed by atoms with E-state index in [1.165, 1.54) is 6.07 Å². The molecule has 1 aromatic carbocycles. The smallest absolute Gasteiger partial charge is 0.339 e. The van der Waals surface area contributed by atoms with E-state index in [4.69, 9.17) is 10.2 Å². The topological polar surface area (TPSA) is 77.8 Å². The number of aliphatic hydroxyl groups excluding tert-OH is 1. The van der Waals surface area contributed by atoms with E-state index >= 15 is 0 Å². The molecule has 4 nitrogen and oxygen atoms in total. The number of carbonyl (C=O) groups is 1. The Morgan fingerprint density at radius 3 is 2.54 bits per heavy atom. The van der Waals surface area contributed by atoms with Gasteiger partial charge in [-0.05, 0) is 24.1 Å². The number of aromatic carboxylic acids is 1. The number of rotatable bonds is 2. The van der Waals surface area contributed by atoms with E-state index in [2.05, 4.69) is 0 Å². The summed E-state index contributed by atoms with van der Waals surface area (Å²) in [6.07, 6.45) is 0. The van der Waals surface area contributed by atoms with Crippen LogP contribution in [0.1, 0.15) is 21.5 Å². The third kappa shape index (κ3) is 1.78. The quantitative estimate of drug-likeness (QED) is 0.634. The fraction of sp³-hybridized carbons (Fsp3) is 0.222. The molecule has 0 spiro atoms. The average Bonchev–Trinajstić information content (AvgIpc) is 2.09. The van der Waals surface area contributed by atoms with Gasteiger partial charge in [0.2, 0.25) is 0 Å². The lowest BCUT2D eigenvalue weighted by molar-refractivity contribution is 0.0693. The van der Waals surface area contributed by atoms with Gasteiger partial charge in [-0.1, -0.05) is 6.07 Å². The highest BCUT2D eigenvalue weighted by molar-refractivity contribution is 5.91. The van der Waals surface area contributed by atoms with Crippen LogP contribution in [0.3, 0.4) is 0 Å². The first-order valence-corrected chi connectivity index (χ1v) is 3.73. The maximum atomic E-state index is 10.6. The van der Waals surface area contributed by atoms with Gasteiger partial charge in [-0.15, -0.1) is 0 Å². The highest BCUT2D eigenvalue weighted by Crippen LogP contribution is 2.23.